The number of aliphatic hydroxyl groups is 2. The van der Waals surface area contributed by atoms with Gasteiger partial charge in [-0.1, -0.05) is 19.8 Å². The van der Waals surface area contributed by atoms with E-state index < -0.39 is 5.60 Å². The zero-order valence-electron chi connectivity index (χ0n) is 14.7. The smallest absolute Gasteiger partial charge is 0.125 e. The SMILES string of the molecule is C#C[C@]1(O)CC[C@@]2(C)[C@H](CC[C@@H]3[C@@H]2CC[C@]2(C)[C@@H](O)CC[C@@H]32)C1. The van der Waals surface area contributed by atoms with Gasteiger partial charge in [-0.05, 0) is 92.3 Å². The van der Waals surface area contributed by atoms with E-state index in [9.17, 15) is 10.2 Å². The van der Waals surface area contributed by atoms with Crippen LogP contribution in [0.15, 0.2) is 0 Å². The number of terminal acetylenes is 1. The zero-order chi connectivity index (χ0) is 16.5. The lowest BCUT2D eigenvalue weighted by atomic mass is 9.44. The van der Waals surface area contributed by atoms with Crippen LogP contribution in [0, 0.1) is 46.8 Å². The molecule has 0 spiro atoms. The fourth-order valence-corrected chi connectivity index (χ4v) is 7.35. The van der Waals surface area contributed by atoms with Gasteiger partial charge in [0.15, 0.2) is 0 Å². The van der Waals surface area contributed by atoms with Crippen molar-refractivity contribution in [2.45, 2.75) is 83.3 Å². The average Bonchev–Trinajstić information content (AvgIpc) is 2.84. The minimum Gasteiger partial charge on any atom is -0.393 e. The highest BCUT2D eigenvalue weighted by Crippen LogP contribution is 2.66. The molecular weight excluding hydrogens is 284 g/mol. The third-order valence-corrected chi connectivity index (χ3v) is 8.95. The summed E-state index contributed by atoms with van der Waals surface area (Å²) in [5, 5.41) is 21.1. The second-order valence-electron chi connectivity index (χ2n) is 9.67. The van der Waals surface area contributed by atoms with Crippen molar-refractivity contribution in [2.75, 3.05) is 0 Å². The molecule has 0 heterocycles. The van der Waals surface area contributed by atoms with Crippen molar-refractivity contribution in [1.82, 2.24) is 0 Å². The minimum absolute atomic E-state index is 0.0862. The maximum Gasteiger partial charge on any atom is 0.125 e. The van der Waals surface area contributed by atoms with Crippen LogP contribution in [0.25, 0.3) is 0 Å². The van der Waals surface area contributed by atoms with Crippen molar-refractivity contribution >= 4 is 0 Å². The maximum absolute atomic E-state index is 10.6. The molecule has 4 fully saturated rings. The van der Waals surface area contributed by atoms with E-state index in [1.54, 1.807) is 0 Å². The molecule has 0 radical (unpaired) electrons. The summed E-state index contributed by atoms with van der Waals surface area (Å²) in [5.41, 5.74) is -0.344. The summed E-state index contributed by atoms with van der Waals surface area (Å²) in [6.45, 7) is 4.83. The van der Waals surface area contributed by atoms with Gasteiger partial charge in [-0.15, -0.1) is 6.42 Å². The molecule has 2 N–H and O–H groups in total. The van der Waals surface area contributed by atoms with E-state index >= 15 is 0 Å². The molecule has 0 bridgehead atoms. The van der Waals surface area contributed by atoms with Gasteiger partial charge >= 0.3 is 0 Å². The van der Waals surface area contributed by atoms with Crippen LogP contribution in [0.2, 0.25) is 0 Å². The van der Waals surface area contributed by atoms with E-state index in [0.29, 0.717) is 17.3 Å². The first kappa shape index (κ1) is 16.0. The highest BCUT2D eigenvalue weighted by molar-refractivity contribution is 5.16. The van der Waals surface area contributed by atoms with Crippen LogP contribution < -0.4 is 0 Å². The van der Waals surface area contributed by atoms with Crippen molar-refractivity contribution in [1.29, 1.82) is 0 Å². The topological polar surface area (TPSA) is 40.5 Å². The van der Waals surface area contributed by atoms with Gasteiger partial charge in [0.05, 0.1) is 6.10 Å². The van der Waals surface area contributed by atoms with E-state index in [0.717, 1.165) is 37.5 Å². The average molecular weight is 316 g/mol. The van der Waals surface area contributed by atoms with Crippen LogP contribution in [0.1, 0.15) is 71.6 Å². The van der Waals surface area contributed by atoms with Crippen LogP contribution in [-0.2, 0) is 0 Å². The van der Waals surface area contributed by atoms with Crippen molar-refractivity contribution < 1.29 is 10.2 Å². The van der Waals surface area contributed by atoms with E-state index in [-0.39, 0.29) is 11.5 Å². The molecule has 0 aromatic heterocycles. The Morgan fingerprint density at radius 1 is 0.913 bits per heavy atom. The van der Waals surface area contributed by atoms with Gasteiger partial charge in [0, 0.05) is 0 Å². The summed E-state index contributed by atoms with van der Waals surface area (Å²) < 4.78 is 0. The largest absolute Gasteiger partial charge is 0.393 e. The number of rotatable bonds is 0. The standard InChI is InChI=1S/C21H32O2/c1-4-21(23)12-11-19(2)14(13-21)5-6-15-16-7-8-18(22)20(16,3)10-9-17(15)19/h1,14-18,22-23H,5-13H2,2-3H3/t14-,15+,16+,17+,18+,19+,20+,21+/m1/s1. The molecule has 0 saturated heterocycles. The Hall–Kier alpha value is -0.520. The highest BCUT2D eigenvalue weighted by atomic mass is 16.3. The molecule has 4 aliphatic rings. The molecule has 2 nitrogen and oxygen atoms in total. The van der Waals surface area contributed by atoms with Gasteiger partial charge in [0.2, 0.25) is 0 Å². The third kappa shape index (κ3) is 2.09. The molecule has 0 aromatic carbocycles. The van der Waals surface area contributed by atoms with Crippen molar-refractivity contribution in [2.24, 2.45) is 34.5 Å². The molecule has 4 saturated carbocycles. The maximum atomic E-state index is 10.6. The van der Waals surface area contributed by atoms with E-state index in [1.165, 1.54) is 32.1 Å². The number of hydrogen-bond donors (Lipinski definition) is 2. The Labute approximate surface area is 141 Å². The molecule has 2 heteroatoms. The van der Waals surface area contributed by atoms with Gasteiger partial charge in [-0.2, -0.15) is 0 Å². The van der Waals surface area contributed by atoms with E-state index in [1.807, 2.05) is 0 Å². The van der Waals surface area contributed by atoms with Gasteiger partial charge in [-0.25, -0.2) is 0 Å². The van der Waals surface area contributed by atoms with Gasteiger partial charge in [-0.3, -0.25) is 0 Å². The third-order valence-electron chi connectivity index (χ3n) is 8.95. The van der Waals surface area contributed by atoms with Gasteiger partial charge in [0.25, 0.3) is 0 Å². The van der Waals surface area contributed by atoms with E-state index in [4.69, 9.17) is 6.42 Å². The Balaban J connectivity index is 1.61. The summed E-state index contributed by atoms with van der Waals surface area (Å²) >= 11 is 0. The van der Waals surface area contributed by atoms with Gasteiger partial charge in [0.1, 0.15) is 5.60 Å². The lowest BCUT2D eigenvalue weighted by molar-refractivity contribution is -0.143. The predicted octanol–water partition coefficient (Wildman–Crippen LogP) is 3.75. The van der Waals surface area contributed by atoms with Crippen LogP contribution in [0.5, 0.6) is 0 Å². The monoisotopic (exact) mass is 316 g/mol. The second kappa shape index (κ2) is 4.99. The Bertz CT molecular complexity index is 536. The lowest BCUT2D eigenvalue weighted by Crippen LogP contribution is -2.56. The number of hydrogen-bond acceptors (Lipinski definition) is 2. The molecule has 0 amide bonds. The molecule has 4 rings (SSSR count). The molecular formula is C21H32O2. The molecule has 128 valence electrons. The number of aliphatic hydroxyl groups excluding tert-OH is 1. The zero-order valence-corrected chi connectivity index (χ0v) is 14.7. The van der Waals surface area contributed by atoms with Crippen LogP contribution in [-0.4, -0.2) is 21.9 Å². The summed E-state index contributed by atoms with van der Waals surface area (Å²) in [7, 11) is 0. The highest BCUT2D eigenvalue weighted by Gasteiger charge is 2.60. The van der Waals surface area contributed by atoms with Crippen molar-refractivity contribution in [3.05, 3.63) is 0 Å². The molecule has 0 unspecified atom stereocenters. The summed E-state index contributed by atoms with van der Waals surface area (Å²) in [6.07, 6.45) is 15.3. The van der Waals surface area contributed by atoms with Crippen molar-refractivity contribution in [3.63, 3.8) is 0 Å². The van der Waals surface area contributed by atoms with E-state index in [2.05, 4.69) is 19.8 Å². The minimum atomic E-state index is -0.857. The summed E-state index contributed by atoms with van der Waals surface area (Å²) in [4.78, 5) is 0. The Morgan fingerprint density at radius 2 is 1.65 bits per heavy atom. The first-order valence-corrected chi connectivity index (χ1v) is 9.71. The lowest BCUT2D eigenvalue weighted by Gasteiger charge is -2.61. The van der Waals surface area contributed by atoms with Crippen LogP contribution in [0.4, 0.5) is 0 Å². The second-order valence-corrected chi connectivity index (χ2v) is 9.67. The fraction of sp³-hybridized carbons (Fsp3) is 0.905. The summed E-state index contributed by atoms with van der Waals surface area (Å²) in [6, 6.07) is 0. The molecule has 4 aliphatic carbocycles. The molecule has 8 atom stereocenters. The number of fused-ring (bicyclic) bond motifs is 5. The first-order chi connectivity index (χ1) is 10.8. The van der Waals surface area contributed by atoms with Crippen LogP contribution >= 0.6 is 0 Å². The first-order valence-electron chi connectivity index (χ1n) is 9.71. The molecule has 0 aliphatic heterocycles. The molecule has 23 heavy (non-hydrogen) atoms. The quantitative estimate of drug-likeness (QED) is 0.668. The normalized spacial score (nSPS) is 58.7. The van der Waals surface area contributed by atoms with Crippen LogP contribution in [0.3, 0.4) is 0 Å². The Kier molecular flexibility index (Phi) is 3.47. The molecule has 0 aromatic rings. The predicted molar refractivity (Wildman–Crippen MR) is 91.5 cm³/mol. The Morgan fingerprint density at radius 3 is 2.39 bits per heavy atom. The van der Waals surface area contributed by atoms with Gasteiger partial charge < -0.3 is 10.2 Å². The van der Waals surface area contributed by atoms with Crippen molar-refractivity contribution in [3.8, 4) is 12.3 Å². The summed E-state index contributed by atoms with van der Waals surface area (Å²) in [5.74, 6) is 5.51. The fourth-order valence-electron chi connectivity index (χ4n) is 7.35.